The lowest BCUT2D eigenvalue weighted by Crippen LogP contribution is -2.27. The van der Waals surface area contributed by atoms with Crippen molar-refractivity contribution >= 4 is 11.9 Å². The molecule has 8 heteroatoms. The Balaban J connectivity index is 1.87. The van der Waals surface area contributed by atoms with E-state index in [0.29, 0.717) is 48.3 Å². The standard InChI is InChI=1S/C21H23NO7/c1-13(12-26-3)28-16-8-14(21(24)25)9-17(10-16)29-15-4-5-18-19(11-15)27-7-6-22(2)20(18)23/h4-5,8-11,13H,6-7,12H2,1-3H3,(H,24,25)/t13-/m0/s1. The molecule has 0 aromatic heterocycles. The summed E-state index contributed by atoms with van der Waals surface area (Å²) in [6, 6.07) is 9.32. The van der Waals surface area contributed by atoms with Crippen LogP contribution in [0.1, 0.15) is 27.6 Å². The van der Waals surface area contributed by atoms with E-state index >= 15 is 0 Å². The number of carboxylic acids is 1. The second-order valence-corrected chi connectivity index (χ2v) is 6.72. The van der Waals surface area contributed by atoms with Gasteiger partial charge < -0.3 is 29.0 Å². The summed E-state index contributed by atoms with van der Waals surface area (Å²) < 4.78 is 22.3. The summed E-state index contributed by atoms with van der Waals surface area (Å²) in [5.74, 6) is 0.267. The number of carboxylic acid groups (broad SMARTS) is 1. The van der Waals surface area contributed by atoms with Gasteiger partial charge in [0.25, 0.3) is 5.91 Å². The van der Waals surface area contributed by atoms with Gasteiger partial charge in [-0.05, 0) is 31.2 Å². The van der Waals surface area contributed by atoms with Crippen molar-refractivity contribution < 1.29 is 33.6 Å². The minimum absolute atomic E-state index is 0.0323. The zero-order chi connectivity index (χ0) is 21.0. The van der Waals surface area contributed by atoms with Gasteiger partial charge in [-0.1, -0.05) is 0 Å². The Kier molecular flexibility index (Phi) is 6.23. The lowest BCUT2D eigenvalue weighted by molar-refractivity contribution is 0.0693. The number of aromatic carboxylic acids is 1. The summed E-state index contributed by atoms with van der Waals surface area (Å²) in [7, 11) is 3.28. The number of ether oxygens (including phenoxy) is 4. The fourth-order valence-electron chi connectivity index (χ4n) is 2.92. The molecule has 1 heterocycles. The molecule has 0 saturated carbocycles. The Morgan fingerprint density at radius 3 is 2.69 bits per heavy atom. The maximum atomic E-state index is 12.3. The van der Waals surface area contributed by atoms with Crippen LogP contribution in [0.5, 0.6) is 23.0 Å². The lowest BCUT2D eigenvalue weighted by atomic mass is 10.1. The van der Waals surface area contributed by atoms with E-state index in [1.807, 2.05) is 6.92 Å². The molecular formula is C21H23NO7. The Labute approximate surface area is 168 Å². The number of hydrogen-bond donors (Lipinski definition) is 1. The van der Waals surface area contributed by atoms with Crippen molar-refractivity contribution in [3.63, 3.8) is 0 Å². The Bertz CT molecular complexity index is 912. The highest BCUT2D eigenvalue weighted by molar-refractivity contribution is 5.97. The highest BCUT2D eigenvalue weighted by Crippen LogP contribution is 2.32. The highest BCUT2D eigenvalue weighted by Gasteiger charge is 2.21. The van der Waals surface area contributed by atoms with Crippen LogP contribution in [-0.2, 0) is 4.74 Å². The van der Waals surface area contributed by atoms with Crippen molar-refractivity contribution in [3.8, 4) is 23.0 Å². The largest absolute Gasteiger partial charge is 0.491 e. The van der Waals surface area contributed by atoms with Gasteiger partial charge in [0.05, 0.1) is 24.3 Å². The number of hydrogen-bond acceptors (Lipinski definition) is 6. The zero-order valence-corrected chi connectivity index (χ0v) is 16.5. The van der Waals surface area contributed by atoms with Crippen LogP contribution in [0.25, 0.3) is 0 Å². The Morgan fingerprint density at radius 2 is 1.97 bits per heavy atom. The van der Waals surface area contributed by atoms with Crippen LogP contribution >= 0.6 is 0 Å². The quantitative estimate of drug-likeness (QED) is 0.762. The molecule has 8 nitrogen and oxygen atoms in total. The molecule has 0 bridgehead atoms. The fourth-order valence-corrected chi connectivity index (χ4v) is 2.92. The normalized spacial score (nSPS) is 14.4. The number of nitrogens with zero attached hydrogens (tertiary/aromatic N) is 1. The average Bonchev–Trinajstić information content (AvgIpc) is 2.80. The second-order valence-electron chi connectivity index (χ2n) is 6.72. The molecule has 1 atom stereocenters. The number of amides is 1. The maximum Gasteiger partial charge on any atom is 0.335 e. The van der Waals surface area contributed by atoms with E-state index in [9.17, 15) is 14.7 Å². The number of benzene rings is 2. The number of carbonyl (C=O) groups excluding carboxylic acids is 1. The van der Waals surface area contributed by atoms with Gasteiger partial charge in [0.15, 0.2) is 0 Å². The summed E-state index contributed by atoms with van der Waals surface area (Å²) in [5, 5.41) is 9.38. The van der Waals surface area contributed by atoms with E-state index in [1.54, 1.807) is 43.3 Å². The summed E-state index contributed by atoms with van der Waals surface area (Å²) in [4.78, 5) is 25.4. The van der Waals surface area contributed by atoms with Gasteiger partial charge in [0.2, 0.25) is 0 Å². The molecule has 2 aromatic carbocycles. The van der Waals surface area contributed by atoms with Crippen LogP contribution in [0.15, 0.2) is 36.4 Å². The Hall–Kier alpha value is -3.26. The smallest absolute Gasteiger partial charge is 0.335 e. The van der Waals surface area contributed by atoms with Gasteiger partial charge in [0.1, 0.15) is 35.7 Å². The Morgan fingerprint density at radius 1 is 1.21 bits per heavy atom. The van der Waals surface area contributed by atoms with Crippen LogP contribution in [0.2, 0.25) is 0 Å². The number of fused-ring (bicyclic) bond motifs is 1. The molecular weight excluding hydrogens is 378 g/mol. The predicted octanol–water partition coefficient (Wildman–Crippen LogP) is 3.06. The number of methoxy groups -OCH3 is 1. The second kappa shape index (κ2) is 8.83. The SMILES string of the molecule is COC[C@H](C)Oc1cc(Oc2ccc3c(c2)OCCN(C)C3=O)cc(C(=O)O)c1. The fraction of sp³-hybridized carbons (Fsp3) is 0.333. The molecule has 154 valence electrons. The first-order valence-corrected chi connectivity index (χ1v) is 9.11. The number of carbonyl (C=O) groups is 2. The van der Waals surface area contributed by atoms with E-state index in [2.05, 4.69) is 0 Å². The third-order valence-corrected chi connectivity index (χ3v) is 4.32. The van der Waals surface area contributed by atoms with Crippen LogP contribution in [0.4, 0.5) is 0 Å². The molecule has 0 radical (unpaired) electrons. The van der Waals surface area contributed by atoms with Crippen molar-refractivity contribution in [1.82, 2.24) is 4.90 Å². The molecule has 0 saturated heterocycles. The van der Waals surface area contributed by atoms with Crippen LogP contribution < -0.4 is 14.2 Å². The maximum absolute atomic E-state index is 12.3. The molecule has 29 heavy (non-hydrogen) atoms. The predicted molar refractivity (Wildman–Crippen MR) is 104 cm³/mol. The minimum atomic E-state index is -1.10. The monoisotopic (exact) mass is 401 g/mol. The first-order valence-electron chi connectivity index (χ1n) is 9.11. The molecule has 3 rings (SSSR count). The van der Waals surface area contributed by atoms with Crippen molar-refractivity contribution in [2.45, 2.75) is 13.0 Å². The van der Waals surface area contributed by atoms with Crippen molar-refractivity contribution in [3.05, 3.63) is 47.5 Å². The van der Waals surface area contributed by atoms with E-state index in [0.717, 1.165) is 0 Å². The van der Waals surface area contributed by atoms with E-state index < -0.39 is 5.97 Å². The summed E-state index contributed by atoms with van der Waals surface area (Å²) >= 11 is 0. The molecule has 1 N–H and O–H groups in total. The van der Waals surface area contributed by atoms with Gasteiger partial charge in [-0.2, -0.15) is 0 Å². The third-order valence-electron chi connectivity index (χ3n) is 4.32. The first-order chi connectivity index (χ1) is 13.9. The summed E-state index contributed by atoms with van der Waals surface area (Å²) in [6.45, 7) is 3.04. The van der Waals surface area contributed by atoms with Gasteiger partial charge in [-0.25, -0.2) is 4.79 Å². The van der Waals surface area contributed by atoms with E-state index in [-0.39, 0.29) is 17.6 Å². The van der Waals surface area contributed by atoms with Crippen molar-refractivity contribution in [2.75, 3.05) is 33.9 Å². The zero-order valence-electron chi connectivity index (χ0n) is 16.5. The third kappa shape index (κ3) is 4.97. The van der Waals surface area contributed by atoms with Gasteiger partial charge in [0, 0.05) is 26.3 Å². The molecule has 0 aliphatic carbocycles. The van der Waals surface area contributed by atoms with Crippen LogP contribution in [0.3, 0.4) is 0 Å². The average molecular weight is 401 g/mol. The molecule has 1 amide bonds. The highest BCUT2D eigenvalue weighted by atomic mass is 16.5. The number of rotatable bonds is 7. The van der Waals surface area contributed by atoms with E-state index in [4.69, 9.17) is 18.9 Å². The van der Waals surface area contributed by atoms with Gasteiger partial charge in [-0.15, -0.1) is 0 Å². The van der Waals surface area contributed by atoms with Crippen molar-refractivity contribution in [2.24, 2.45) is 0 Å². The van der Waals surface area contributed by atoms with Crippen molar-refractivity contribution in [1.29, 1.82) is 0 Å². The molecule has 1 aliphatic rings. The molecule has 0 unspecified atom stereocenters. The topological polar surface area (TPSA) is 94.5 Å². The molecule has 2 aromatic rings. The molecule has 1 aliphatic heterocycles. The summed E-state index contributed by atoms with van der Waals surface area (Å²) in [6.07, 6.45) is -0.263. The lowest BCUT2D eigenvalue weighted by Gasteiger charge is -2.16. The first kappa shape index (κ1) is 20.5. The van der Waals surface area contributed by atoms with Crippen LogP contribution in [0, 0.1) is 0 Å². The summed E-state index contributed by atoms with van der Waals surface area (Å²) in [5.41, 5.74) is 0.485. The molecule has 0 spiro atoms. The van der Waals surface area contributed by atoms with E-state index in [1.165, 1.54) is 12.1 Å². The van der Waals surface area contributed by atoms with Gasteiger partial charge in [-0.3, -0.25) is 4.79 Å². The van der Waals surface area contributed by atoms with Gasteiger partial charge >= 0.3 is 5.97 Å². The minimum Gasteiger partial charge on any atom is -0.491 e. The number of likely N-dealkylation sites (N-methyl/N-ethyl adjacent to an activating group) is 1. The van der Waals surface area contributed by atoms with Crippen LogP contribution in [-0.4, -0.2) is 61.9 Å². The molecule has 0 fully saturated rings.